The molecule has 4 atom stereocenters. The molecule has 0 unspecified atom stereocenters. The van der Waals surface area contributed by atoms with E-state index in [4.69, 9.17) is 8.92 Å². The summed E-state index contributed by atoms with van der Waals surface area (Å²) in [5.74, 6) is 0.279. The van der Waals surface area contributed by atoms with Gasteiger partial charge in [0.2, 0.25) is 0 Å². The van der Waals surface area contributed by atoms with Gasteiger partial charge in [0, 0.05) is 22.1 Å². The lowest BCUT2D eigenvalue weighted by Crippen LogP contribution is -2.40. The number of nitrogens with one attached hydrogen (secondary N) is 1. The molecule has 0 aromatic heterocycles. The maximum Gasteiger partial charge on any atom is 0.264 e. The van der Waals surface area contributed by atoms with E-state index in [0.717, 1.165) is 30.3 Å². The van der Waals surface area contributed by atoms with Crippen molar-refractivity contribution in [3.8, 4) is 0 Å². The van der Waals surface area contributed by atoms with Gasteiger partial charge in [0.25, 0.3) is 10.1 Å². The predicted octanol–water partition coefficient (Wildman–Crippen LogP) is 4.39. The van der Waals surface area contributed by atoms with Gasteiger partial charge in [0.15, 0.2) is 0 Å². The van der Waals surface area contributed by atoms with Gasteiger partial charge in [-0.25, -0.2) is 0 Å². The first-order valence-electron chi connectivity index (χ1n) is 9.44. The zero-order valence-corrected chi connectivity index (χ0v) is 17.6. The number of benzene rings is 2. The molecule has 0 saturated carbocycles. The fourth-order valence-corrected chi connectivity index (χ4v) is 5.02. The minimum atomic E-state index is -3.47. The molecule has 150 valence electrons. The highest BCUT2D eigenvalue weighted by molar-refractivity contribution is 7.98. The molecule has 1 N–H and O–H groups in total. The van der Waals surface area contributed by atoms with E-state index in [0.29, 0.717) is 0 Å². The van der Waals surface area contributed by atoms with Crippen LogP contribution in [0.25, 0.3) is 0 Å². The van der Waals surface area contributed by atoms with Crippen molar-refractivity contribution < 1.29 is 17.3 Å². The number of rotatable bonds is 5. The Labute approximate surface area is 170 Å². The molecule has 4 rings (SSSR count). The van der Waals surface area contributed by atoms with Crippen LogP contribution < -0.4 is 5.32 Å². The number of thioether (sulfide) groups is 1. The van der Waals surface area contributed by atoms with Crippen molar-refractivity contribution in [1.82, 2.24) is 0 Å². The molecule has 1 saturated heterocycles. The van der Waals surface area contributed by atoms with Crippen LogP contribution >= 0.6 is 11.8 Å². The van der Waals surface area contributed by atoms with Crippen LogP contribution in [0.5, 0.6) is 0 Å². The molecule has 1 fully saturated rings. The lowest BCUT2D eigenvalue weighted by molar-refractivity contribution is -0.106. The van der Waals surface area contributed by atoms with Crippen LogP contribution in [-0.4, -0.2) is 33.6 Å². The molecule has 5 nitrogen and oxygen atoms in total. The van der Waals surface area contributed by atoms with E-state index < -0.39 is 10.1 Å². The van der Waals surface area contributed by atoms with Crippen molar-refractivity contribution in [2.45, 2.75) is 36.0 Å². The van der Waals surface area contributed by atoms with Crippen molar-refractivity contribution in [3.05, 3.63) is 59.7 Å². The molecule has 0 amide bonds. The Kier molecular flexibility index (Phi) is 5.69. The lowest BCUT2D eigenvalue weighted by Gasteiger charge is -2.45. The van der Waals surface area contributed by atoms with Crippen LogP contribution in [-0.2, 0) is 19.0 Å². The Bertz CT molecular complexity index is 933. The first kappa shape index (κ1) is 19.8. The second kappa shape index (κ2) is 8.06. The highest BCUT2D eigenvalue weighted by Gasteiger charge is 2.42. The van der Waals surface area contributed by atoms with Crippen LogP contribution in [0.2, 0.25) is 0 Å². The zero-order chi connectivity index (χ0) is 19.7. The standard InChI is InChI=1S/C21H25NO4S2/c1-27-16-9-11-19-18(12-16)21-17(20(22-19)14-6-4-3-5-7-14)10-8-15(26-21)13-25-28(2,23)24/h3-7,9,11-12,15,17,20-22H,8,10,13H2,1-2H3/t15-,17+,20+,21+/m1/s1. The van der Waals surface area contributed by atoms with Crippen molar-refractivity contribution in [2.24, 2.45) is 5.92 Å². The molecule has 2 aromatic carbocycles. The molecule has 2 aliphatic rings. The second-order valence-corrected chi connectivity index (χ2v) is 9.92. The summed E-state index contributed by atoms with van der Waals surface area (Å²) in [7, 11) is -3.47. The average molecular weight is 420 g/mol. The summed E-state index contributed by atoms with van der Waals surface area (Å²) < 4.78 is 34.2. The second-order valence-electron chi connectivity index (χ2n) is 7.39. The normalized spacial score (nSPS) is 26.8. The first-order valence-corrected chi connectivity index (χ1v) is 12.5. The summed E-state index contributed by atoms with van der Waals surface area (Å²) in [5.41, 5.74) is 3.47. The Hall–Kier alpha value is -1.54. The van der Waals surface area contributed by atoms with Crippen LogP contribution in [0, 0.1) is 5.92 Å². The van der Waals surface area contributed by atoms with E-state index in [-0.39, 0.29) is 30.8 Å². The third-order valence-corrected chi connectivity index (χ3v) is 6.77. The molecule has 0 spiro atoms. The lowest BCUT2D eigenvalue weighted by atomic mass is 9.76. The number of hydrogen-bond acceptors (Lipinski definition) is 6. The minimum absolute atomic E-state index is 0.0725. The molecule has 0 radical (unpaired) electrons. The quantitative estimate of drug-likeness (QED) is 0.573. The molecule has 2 heterocycles. The van der Waals surface area contributed by atoms with E-state index in [1.807, 2.05) is 6.07 Å². The molecule has 0 aliphatic carbocycles. The highest BCUT2D eigenvalue weighted by Crippen LogP contribution is 2.50. The Morgan fingerprint density at radius 1 is 1.18 bits per heavy atom. The smallest absolute Gasteiger partial charge is 0.264 e. The molecule has 2 aromatic rings. The highest BCUT2D eigenvalue weighted by atomic mass is 32.2. The van der Waals surface area contributed by atoms with E-state index in [9.17, 15) is 8.42 Å². The Morgan fingerprint density at radius 2 is 1.96 bits per heavy atom. The molecule has 2 aliphatic heterocycles. The van der Waals surface area contributed by atoms with Crippen LogP contribution in [0.15, 0.2) is 53.4 Å². The van der Waals surface area contributed by atoms with Gasteiger partial charge in [-0.1, -0.05) is 30.3 Å². The Balaban J connectivity index is 1.66. The summed E-state index contributed by atoms with van der Waals surface area (Å²) in [6, 6.07) is 17.0. The summed E-state index contributed by atoms with van der Waals surface area (Å²) in [6.07, 6.45) is 4.55. The molecule has 0 bridgehead atoms. The van der Waals surface area contributed by atoms with Crippen molar-refractivity contribution in [1.29, 1.82) is 0 Å². The topological polar surface area (TPSA) is 64.6 Å². The minimum Gasteiger partial charge on any atom is -0.378 e. The van der Waals surface area contributed by atoms with Crippen molar-refractivity contribution >= 4 is 27.6 Å². The van der Waals surface area contributed by atoms with Crippen molar-refractivity contribution in [3.63, 3.8) is 0 Å². The van der Waals surface area contributed by atoms with Gasteiger partial charge >= 0.3 is 0 Å². The van der Waals surface area contributed by atoms with Gasteiger partial charge in [-0.3, -0.25) is 4.18 Å². The number of anilines is 1. The average Bonchev–Trinajstić information content (AvgIpc) is 2.71. The van der Waals surface area contributed by atoms with Gasteiger partial charge in [0.05, 0.1) is 31.1 Å². The summed E-state index contributed by atoms with van der Waals surface area (Å²) in [6.45, 7) is 0.0725. The molecular formula is C21H25NO4S2. The van der Waals surface area contributed by atoms with E-state index in [1.165, 1.54) is 10.5 Å². The summed E-state index contributed by atoms with van der Waals surface area (Å²) in [5, 5.41) is 3.72. The summed E-state index contributed by atoms with van der Waals surface area (Å²) in [4.78, 5) is 1.19. The first-order chi connectivity index (χ1) is 13.4. The maximum atomic E-state index is 11.4. The number of fused-ring (bicyclic) bond motifs is 3. The van der Waals surface area contributed by atoms with Gasteiger partial charge in [-0.15, -0.1) is 11.8 Å². The van der Waals surface area contributed by atoms with Gasteiger partial charge in [-0.2, -0.15) is 8.42 Å². The number of ether oxygens (including phenoxy) is 1. The monoisotopic (exact) mass is 419 g/mol. The van der Waals surface area contributed by atoms with Crippen molar-refractivity contribution in [2.75, 3.05) is 24.4 Å². The van der Waals surface area contributed by atoms with Crippen LogP contribution in [0.4, 0.5) is 5.69 Å². The van der Waals surface area contributed by atoms with E-state index >= 15 is 0 Å². The molecule has 7 heteroatoms. The molecule has 28 heavy (non-hydrogen) atoms. The van der Waals surface area contributed by atoms with Crippen LogP contribution in [0.1, 0.15) is 36.1 Å². The number of hydrogen-bond donors (Lipinski definition) is 1. The maximum absolute atomic E-state index is 11.4. The van der Waals surface area contributed by atoms with Gasteiger partial charge < -0.3 is 10.1 Å². The third kappa shape index (κ3) is 4.22. The molecular weight excluding hydrogens is 394 g/mol. The van der Waals surface area contributed by atoms with Crippen LogP contribution in [0.3, 0.4) is 0 Å². The van der Waals surface area contributed by atoms with E-state index in [2.05, 4.69) is 54.0 Å². The SMILES string of the molecule is CSc1ccc2c(c1)[C@H]1O[C@@H](COS(C)(=O)=O)CC[C@H]1[C@H](c1ccccc1)N2. The zero-order valence-electron chi connectivity index (χ0n) is 16.0. The van der Waals surface area contributed by atoms with E-state index in [1.54, 1.807) is 11.8 Å². The largest absolute Gasteiger partial charge is 0.378 e. The third-order valence-electron chi connectivity index (χ3n) is 5.48. The van der Waals surface area contributed by atoms with Gasteiger partial charge in [-0.05, 0) is 42.9 Å². The fraction of sp³-hybridized carbons (Fsp3) is 0.429. The summed E-state index contributed by atoms with van der Waals surface area (Å²) >= 11 is 1.71. The fourth-order valence-electron chi connectivity index (χ4n) is 4.17. The predicted molar refractivity (Wildman–Crippen MR) is 112 cm³/mol. The Morgan fingerprint density at radius 3 is 2.68 bits per heavy atom. The van der Waals surface area contributed by atoms with Gasteiger partial charge in [0.1, 0.15) is 0 Å².